The minimum absolute atomic E-state index is 0.0519. The fourth-order valence-corrected chi connectivity index (χ4v) is 5.04. The van der Waals surface area contributed by atoms with E-state index < -0.39 is 11.9 Å². The van der Waals surface area contributed by atoms with Crippen molar-refractivity contribution in [1.29, 1.82) is 0 Å². The molecule has 2 aromatic carbocycles. The number of carbonyl (C=O) groups is 2. The van der Waals surface area contributed by atoms with Crippen LogP contribution in [-0.2, 0) is 32.4 Å². The van der Waals surface area contributed by atoms with Gasteiger partial charge in [-0.3, -0.25) is 9.78 Å². The summed E-state index contributed by atoms with van der Waals surface area (Å²) in [6.07, 6.45) is 10.4. The zero-order valence-electron chi connectivity index (χ0n) is 21.2. The summed E-state index contributed by atoms with van der Waals surface area (Å²) in [6.45, 7) is 4.15. The van der Waals surface area contributed by atoms with Gasteiger partial charge < -0.3 is 0 Å². The zero-order chi connectivity index (χ0) is 25.3. The molecule has 4 rings (SSSR count). The van der Waals surface area contributed by atoms with Crippen molar-refractivity contribution in [3.8, 4) is 0 Å². The molecular formula is C30H36O6. The summed E-state index contributed by atoms with van der Waals surface area (Å²) in [5.74, 6) is 0.997. The minimum atomic E-state index is -0.474. The van der Waals surface area contributed by atoms with Crippen LogP contribution in [0.15, 0.2) is 60.4 Å². The van der Waals surface area contributed by atoms with Gasteiger partial charge in [-0.05, 0) is 105 Å². The van der Waals surface area contributed by atoms with Gasteiger partial charge in [-0.2, -0.15) is 4.89 Å². The maximum absolute atomic E-state index is 12.2. The molecule has 0 heterocycles. The third-order valence-electron chi connectivity index (χ3n) is 7.48. The van der Waals surface area contributed by atoms with Crippen LogP contribution in [0.25, 0.3) is 0 Å². The summed E-state index contributed by atoms with van der Waals surface area (Å²) in [6, 6.07) is 14.8. The highest BCUT2D eigenvalue weighted by Gasteiger charge is 2.30. The molecule has 2 aliphatic rings. The van der Waals surface area contributed by atoms with Crippen molar-refractivity contribution in [2.45, 2.75) is 77.7 Å². The molecule has 6 heteroatoms. The van der Waals surface area contributed by atoms with Crippen molar-refractivity contribution in [3.05, 3.63) is 82.6 Å². The van der Waals surface area contributed by atoms with Crippen molar-refractivity contribution in [3.63, 3.8) is 0 Å². The molecule has 0 spiro atoms. The monoisotopic (exact) mass is 492 g/mol. The normalized spacial score (nSPS) is 21.8. The van der Waals surface area contributed by atoms with Crippen LogP contribution in [0.4, 0.5) is 0 Å². The Hall–Kier alpha value is -3.12. The smallest absolute Gasteiger partial charge is 0.293 e. The molecule has 1 atom stereocenters. The van der Waals surface area contributed by atoms with Gasteiger partial charge in [-0.1, -0.05) is 38.1 Å². The molecule has 192 valence electrons. The number of allylic oxidation sites excluding steroid dienone is 2. The molecule has 2 aromatic rings. The predicted molar refractivity (Wildman–Crippen MR) is 136 cm³/mol. The Morgan fingerprint density at radius 3 is 1.78 bits per heavy atom. The fourth-order valence-electron chi connectivity index (χ4n) is 5.04. The lowest BCUT2D eigenvalue weighted by molar-refractivity contribution is -0.281. The van der Waals surface area contributed by atoms with Crippen LogP contribution in [-0.4, -0.2) is 18.0 Å². The largest absolute Gasteiger partial charge is 0.386 e. The van der Waals surface area contributed by atoms with Crippen LogP contribution in [0.3, 0.4) is 0 Å². The first kappa shape index (κ1) is 26.0. The molecule has 1 saturated carbocycles. The summed E-state index contributed by atoms with van der Waals surface area (Å²) in [7, 11) is 0. The Bertz CT molecular complexity index is 1030. The maximum atomic E-state index is 12.2. The Labute approximate surface area is 213 Å². The molecule has 1 fully saturated rings. The van der Waals surface area contributed by atoms with Crippen molar-refractivity contribution < 1.29 is 29.1 Å². The van der Waals surface area contributed by atoms with E-state index in [0.29, 0.717) is 23.0 Å². The highest BCUT2D eigenvalue weighted by molar-refractivity contribution is 5.89. The van der Waals surface area contributed by atoms with E-state index in [1.54, 1.807) is 24.3 Å². The molecule has 0 aromatic heterocycles. The third kappa shape index (κ3) is 6.97. The fraction of sp³-hybridized carbons (Fsp3) is 0.467. The van der Waals surface area contributed by atoms with E-state index in [4.69, 9.17) is 19.6 Å². The maximum Gasteiger partial charge on any atom is 0.386 e. The molecular weight excluding hydrogens is 456 g/mol. The van der Waals surface area contributed by atoms with E-state index >= 15 is 0 Å². The quantitative estimate of drug-likeness (QED) is 0.279. The van der Waals surface area contributed by atoms with Gasteiger partial charge in [0.25, 0.3) is 0 Å². The Morgan fingerprint density at radius 2 is 1.28 bits per heavy atom. The average molecular weight is 493 g/mol. The van der Waals surface area contributed by atoms with Gasteiger partial charge >= 0.3 is 11.9 Å². The van der Waals surface area contributed by atoms with E-state index in [-0.39, 0.29) is 6.10 Å². The SMILES string of the molecule is CCc1ccc(C(=O)OOC2=CCC(C3CCC(OOC(=O)c4ccc(CC)cc4)CC3)CC2)cc1. The molecule has 0 saturated heterocycles. The van der Waals surface area contributed by atoms with Crippen LogP contribution in [0.5, 0.6) is 0 Å². The Morgan fingerprint density at radius 1 is 0.722 bits per heavy atom. The van der Waals surface area contributed by atoms with Gasteiger partial charge in [0.05, 0.1) is 11.1 Å². The first-order valence-electron chi connectivity index (χ1n) is 13.2. The summed E-state index contributed by atoms with van der Waals surface area (Å²) in [4.78, 5) is 45.5. The number of benzene rings is 2. The molecule has 1 unspecified atom stereocenters. The number of rotatable bonds is 9. The molecule has 0 radical (unpaired) electrons. The second-order valence-corrected chi connectivity index (χ2v) is 9.76. The van der Waals surface area contributed by atoms with Crippen molar-refractivity contribution in [2.24, 2.45) is 11.8 Å². The lowest BCUT2D eigenvalue weighted by Crippen LogP contribution is -2.28. The summed E-state index contributed by atoms with van der Waals surface area (Å²) < 4.78 is 0. The average Bonchev–Trinajstić information content (AvgIpc) is 2.95. The standard InChI is InChI=1S/C30H36O6/c1-3-21-5-9-25(10-6-21)29(31)35-33-27-17-13-23(14-18-27)24-15-19-28(20-16-24)34-36-30(32)26-11-7-22(4-2)8-12-26/h5-12,17,23-24,28H,3-4,13-16,18-20H2,1-2H3. The van der Waals surface area contributed by atoms with E-state index in [0.717, 1.165) is 63.5 Å². The molecule has 0 bridgehead atoms. The predicted octanol–water partition coefficient (Wildman–Crippen LogP) is 6.93. The van der Waals surface area contributed by atoms with Gasteiger partial charge in [-0.15, -0.1) is 0 Å². The number of carbonyl (C=O) groups excluding carboxylic acids is 2. The van der Waals surface area contributed by atoms with Crippen LogP contribution < -0.4 is 0 Å². The van der Waals surface area contributed by atoms with Gasteiger partial charge in [-0.25, -0.2) is 14.5 Å². The molecule has 36 heavy (non-hydrogen) atoms. The lowest BCUT2D eigenvalue weighted by Gasteiger charge is -2.34. The van der Waals surface area contributed by atoms with Crippen LogP contribution in [0, 0.1) is 11.8 Å². The molecule has 2 aliphatic carbocycles. The van der Waals surface area contributed by atoms with E-state index in [1.807, 2.05) is 24.3 Å². The van der Waals surface area contributed by atoms with E-state index in [9.17, 15) is 9.59 Å². The van der Waals surface area contributed by atoms with Gasteiger partial charge in [0.2, 0.25) is 0 Å². The summed E-state index contributed by atoms with van der Waals surface area (Å²) in [5, 5.41) is 0. The second kappa shape index (κ2) is 12.7. The van der Waals surface area contributed by atoms with Crippen LogP contribution >= 0.6 is 0 Å². The number of hydrogen-bond acceptors (Lipinski definition) is 6. The number of hydrogen-bond donors (Lipinski definition) is 0. The van der Waals surface area contributed by atoms with E-state index in [2.05, 4.69) is 19.9 Å². The van der Waals surface area contributed by atoms with Gasteiger partial charge in [0.1, 0.15) is 6.10 Å². The minimum Gasteiger partial charge on any atom is -0.293 e. The highest BCUT2D eigenvalue weighted by Crippen LogP contribution is 2.38. The number of aryl methyl sites for hydroxylation is 2. The Balaban J connectivity index is 1.15. The van der Waals surface area contributed by atoms with Crippen molar-refractivity contribution >= 4 is 11.9 Å². The summed E-state index contributed by atoms with van der Waals surface area (Å²) >= 11 is 0. The third-order valence-corrected chi connectivity index (χ3v) is 7.48. The lowest BCUT2D eigenvalue weighted by atomic mass is 9.74. The van der Waals surface area contributed by atoms with Gasteiger partial charge in [0, 0.05) is 6.42 Å². The zero-order valence-corrected chi connectivity index (χ0v) is 21.2. The van der Waals surface area contributed by atoms with Crippen molar-refractivity contribution in [1.82, 2.24) is 0 Å². The summed E-state index contributed by atoms with van der Waals surface area (Å²) in [5.41, 5.74) is 3.35. The molecule has 0 N–H and O–H groups in total. The Kier molecular flexibility index (Phi) is 9.17. The topological polar surface area (TPSA) is 71.1 Å². The van der Waals surface area contributed by atoms with Crippen molar-refractivity contribution in [2.75, 3.05) is 0 Å². The highest BCUT2D eigenvalue weighted by atomic mass is 17.2. The first-order chi connectivity index (χ1) is 17.6. The van der Waals surface area contributed by atoms with E-state index in [1.165, 1.54) is 11.1 Å². The molecule has 0 aliphatic heterocycles. The van der Waals surface area contributed by atoms with Gasteiger partial charge in [0.15, 0.2) is 5.76 Å². The first-order valence-corrected chi connectivity index (χ1v) is 13.2. The molecule has 0 amide bonds. The van der Waals surface area contributed by atoms with Crippen LogP contribution in [0.2, 0.25) is 0 Å². The van der Waals surface area contributed by atoms with Crippen LogP contribution in [0.1, 0.15) is 90.6 Å². The molecule has 6 nitrogen and oxygen atoms in total. The second-order valence-electron chi connectivity index (χ2n) is 9.76.